The van der Waals surface area contributed by atoms with Crippen molar-refractivity contribution < 1.29 is 26.2 Å². The van der Waals surface area contributed by atoms with Gasteiger partial charge in [-0.3, -0.25) is 9.97 Å². The predicted octanol–water partition coefficient (Wildman–Crippen LogP) is 15.6. The molecule has 0 bridgehead atoms. The molecule has 0 radical (unpaired) electrons. The van der Waals surface area contributed by atoms with E-state index in [9.17, 15) is 5.11 Å². The van der Waals surface area contributed by atoms with Gasteiger partial charge in [0.1, 0.15) is 5.75 Å². The van der Waals surface area contributed by atoms with Crippen LogP contribution in [0.5, 0.6) is 5.75 Å². The van der Waals surface area contributed by atoms with Gasteiger partial charge in [-0.15, -0.1) is 23.8 Å². The van der Waals surface area contributed by atoms with Crippen molar-refractivity contribution in [2.24, 2.45) is 0 Å². The molecule has 2 heterocycles. The van der Waals surface area contributed by atoms with Crippen molar-refractivity contribution in [3.05, 3.63) is 148 Å². The molecule has 7 aromatic rings. The van der Waals surface area contributed by atoms with Crippen molar-refractivity contribution in [1.82, 2.24) is 14.5 Å². The largest absolute Gasteiger partial charge is 0.508 e. The third kappa shape index (κ3) is 9.35. The Balaban J connectivity index is 0.00000661. The molecule has 0 spiro atoms. The van der Waals surface area contributed by atoms with Crippen LogP contribution in [0.1, 0.15) is 132 Å². The number of fused-ring (bicyclic) bond motifs is 1. The fraction of sp³-hybridized carbons (Fsp3) is 0.351. The van der Waals surface area contributed by atoms with Crippen molar-refractivity contribution in [3.8, 4) is 56.5 Å². The first kappa shape index (κ1) is 47.2. The maximum atomic E-state index is 12.3. The number of aromatic hydroxyl groups is 1. The number of imidazole rings is 1. The van der Waals surface area contributed by atoms with Crippen LogP contribution in [-0.4, -0.2) is 19.6 Å². The van der Waals surface area contributed by atoms with Gasteiger partial charge < -0.3 is 9.67 Å². The van der Waals surface area contributed by atoms with Crippen molar-refractivity contribution in [2.75, 3.05) is 0 Å². The summed E-state index contributed by atoms with van der Waals surface area (Å²) in [7, 11) is 0. The molecule has 0 aliphatic heterocycles. The number of phenols is 1. The van der Waals surface area contributed by atoms with Crippen molar-refractivity contribution >= 4 is 16.7 Å². The van der Waals surface area contributed by atoms with E-state index in [0.29, 0.717) is 16.9 Å². The number of aromatic nitrogens is 3. The van der Waals surface area contributed by atoms with Crippen LogP contribution < -0.4 is 0 Å². The number of benzene rings is 5. The van der Waals surface area contributed by atoms with E-state index in [4.69, 9.17) is 16.5 Å². The van der Waals surface area contributed by atoms with E-state index < -0.39 is 0 Å². The molecular weight excluding hydrogens is 952 g/mol. The van der Waals surface area contributed by atoms with Crippen LogP contribution in [0.25, 0.3) is 66.6 Å². The number of phenolic OH excluding ortho intramolecular Hbond substituents is 1. The average molecular weight is 1020 g/mol. The molecule has 63 heavy (non-hydrogen) atoms. The van der Waals surface area contributed by atoms with Gasteiger partial charge in [0, 0.05) is 43.6 Å². The average Bonchev–Trinajstić information content (AvgIpc) is 3.58. The molecule has 0 amide bonds. The molecule has 5 nitrogen and oxygen atoms in total. The molecule has 5 aromatic carbocycles. The number of para-hydroxylation sites is 2. The van der Waals surface area contributed by atoms with Gasteiger partial charge >= 0.3 is 0 Å². The van der Waals surface area contributed by atoms with Gasteiger partial charge in [-0.1, -0.05) is 176 Å². The molecule has 0 atom stereocenters. The van der Waals surface area contributed by atoms with Gasteiger partial charge in [-0.2, -0.15) is 0 Å². The van der Waals surface area contributed by atoms with Crippen molar-refractivity contribution in [3.63, 3.8) is 0 Å². The molecule has 328 valence electrons. The zero-order valence-corrected chi connectivity index (χ0v) is 42.1. The molecule has 0 aliphatic carbocycles. The van der Waals surface area contributed by atoms with E-state index in [0.717, 1.165) is 72.7 Å². The number of hydrogen-bond acceptors (Lipinski definition) is 3. The van der Waals surface area contributed by atoms with Crippen LogP contribution in [0, 0.1) is 12.6 Å². The Bertz CT molecular complexity index is 2880. The number of hydrogen-bond donors (Lipinski definition) is 1. The third-order valence-corrected chi connectivity index (χ3v) is 11.9. The molecule has 1 N–H and O–H groups in total. The van der Waals surface area contributed by atoms with Gasteiger partial charge in [-0.25, -0.2) is 4.85 Å². The molecule has 6 heteroatoms. The zero-order chi connectivity index (χ0) is 45.3. The van der Waals surface area contributed by atoms with E-state index in [2.05, 4.69) is 210 Å². The first-order valence-corrected chi connectivity index (χ1v) is 21.8. The van der Waals surface area contributed by atoms with Crippen LogP contribution in [0.15, 0.2) is 103 Å². The van der Waals surface area contributed by atoms with Crippen LogP contribution >= 0.6 is 0 Å². The Hall–Kier alpha value is -5.30. The Morgan fingerprint density at radius 3 is 1.70 bits per heavy atom. The predicted molar refractivity (Wildman–Crippen MR) is 261 cm³/mol. The molecule has 0 aliphatic rings. The summed E-state index contributed by atoms with van der Waals surface area (Å²) in [6.45, 7) is 41.2. The second-order valence-corrected chi connectivity index (χ2v) is 22.1. The molecular formula is C57H63N4OPt-. The van der Waals surface area contributed by atoms with E-state index in [1.165, 1.54) is 5.56 Å². The van der Waals surface area contributed by atoms with Crippen LogP contribution in [0.2, 0.25) is 0 Å². The Kier molecular flexibility index (Phi) is 12.5. The maximum absolute atomic E-state index is 12.3. The summed E-state index contributed by atoms with van der Waals surface area (Å²) in [5.41, 5.74) is 12.9. The van der Waals surface area contributed by atoms with Gasteiger partial charge in [0.15, 0.2) is 0 Å². The molecule has 0 saturated carbocycles. The SMILES string of the molecule is [C-]#[N+]c1c(C(C)(C)C)cc(C(C)(C)C)c(O)c1-c1cc(C(C)(C)C)cc(-c2[c-]c(-c3nc4ccccc4n3-c3ccc(C(C)(C)C)cc3-c3ccccc3)cc(C(C)(C)C)c2)n1.[Pt]. The minimum Gasteiger partial charge on any atom is -0.508 e. The van der Waals surface area contributed by atoms with Crippen LogP contribution in [-0.2, 0) is 48.1 Å². The standard InChI is InChI=1S/C57H63N4O.Pt/c1-53(2,3)38-26-27-47(41(31-38)35-22-18-17-19-23-35)61-48-25-21-20-24-44(48)60-52(61)37-28-36(29-39(30-37)54(4,5)6)45-32-40(55(7,8)9)33-46(59-45)49-50(58-16)42(56(10,11)12)34-43(51(49)62)57(13,14)15;/h17-27,29-34,62H,1-15H3;/q-1;. The monoisotopic (exact) mass is 1010 g/mol. The van der Waals surface area contributed by atoms with Crippen LogP contribution in [0.4, 0.5) is 5.69 Å². The van der Waals surface area contributed by atoms with E-state index in [-0.39, 0.29) is 53.9 Å². The van der Waals surface area contributed by atoms with E-state index in [1.54, 1.807) is 0 Å². The quantitative estimate of drug-likeness (QED) is 0.175. The van der Waals surface area contributed by atoms with Gasteiger partial charge in [0.05, 0.1) is 29.1 Å². The summed E-state index contributed by atoms with van der Waals surface area (Å²) < 4.78 is 2.29. The van der Waals surface area contributed by atoms with E-state index >= 15 is 0 Å². The Labute approximate surface area is 391 Å². The first-order chi connectivity index (χ1) is 28.8. The fourth-order valence-corrected chi connectivity index (χ4v) is 8.15. The van der Waals surface area contributed by atoms with Crippen molar-refractivity contribution in [2.45, 2.75) is 131 Å². The van der Waals surface area contributed by atoms with Gasteiger partial charge in [0.25, 0.3) is 0 Å². The minimum absolute atomic E-state index is 0. The van der Waals surface area contributed by atoms with Crippen LogP contribution in [0.3, 0.4) is 0 Å². The Morgan fingerprint density at radius 1 is 0.556 bits per heavy atom. The summed E-state index contributed by atoms with van der Waals surface area (Å²) in [4.78, 5) is 14.9. The molecule has 0 saturated heterocycles. The second-order valence-electron chi connectivity index (χ2n) is 22.1. The summed E-state index contributed by atoms with van der Waals surface area (Å²) in [6.07, 6.45) is 0. The first-order valence-electron chi connectivity index (χ1n) is 21.8. The Morgan fingerprint density at radius 2 is 1.11 bits per heavy atom. The molecule has 7 rings (SSSR count). The number of nitrogens with zero attached hydrogens (tertiary/aromatic N) is 4. The molecule has 2 aromatic heterocycles. The topological polar surface area (TPSA) is 55.3 Å². The van der Waals surface area contributed by atoms with Crippen molar-refractivity contribution in [1.29, 1.82) is 0 Å². The smallest absolute Gasteiger partial charge is 0.203 e. The zero-order valence-electron chi connectivity index (χ0n) is 39.9. The summed E-state index contributed by atoms with van der Waals surface area (Å²) in [5, 5.41) is 12.3. The summed E-state index contributed by atoms with van der Waals surface area (Å²) in [5.74, 6) is 0.890. The summed E-state index contributed by atoms with van der Waals surface area (Å²) in [6, 6.07) is 40.3. The van der Waals surface area contributed by atoms with Gasteiger partial charge in [-0.05, 0) is 85.2 Å². The summed E-state index contributed by atoms with van der Waals surface area (Å²) >= 11 is 0. The minimum atomic E-state index is -0.382. The number of pyridine rings is 1. The van der Waals surface area contributed by atoms with E-state index in [1.807, 2.05) is 12.1 Å². The third-order valence-electron chi connectivity index (χ3n) is 11.9. The van der Waals surface area contributed by atoms with Gasteiger partial charge in [0.2, 0.25) is 5.69 Å². The number of rotatable bonds is 5. The molecule has 0 unspecified atom stereocenters. The fourth-order valence-electron chi connectivity index (χ4n) is 8.15. The maximum Gasteiger partial charge on any atom is 0.203 e. The normalized spacial score (nSPS) is 12.6. The molecule has 0 fully saturated rings. The second kappa shape index (κ2) is 16.7.